The van der Waals surface area contributed by atoms with E-state index < -0.39 is 0 Å². The summed E-state index contributed by atoms with van der Waals surface area (Å²) in [4.78, 5) is 27.9. The molecule has 0 aromatic rings. The molecule has 1 atom stereocenters. The number of ether oxygens (including phenoxy) is 1. The van der Waals surface area contributed by atoms with E-state index in [1.54, 1.807) is 4.90 Å². The first-order chi connectivity index (χ1) is 9.67. The molecule has 2 saturated heterocycles. The lowest BCUT2D eigenvalue weighted by Gasteiger charge is -2.39. The normalized spacial score (nSPS) is 24.6. The van der Waals surface area contributed by atoms with Crippen LogP contribution in [-0.2, 0) is 9.53 Å². The molecule has 2 rings (SSSR count). The van der Waals surface area contributed by atoms with E-state index in [-0.39, 0.29) is 12.0 Å². The minimum absolute atomic E-state index is 0.0862. The Kier molecular flexibility index (Phi) is 5.26. The number of piperidine rings is 2. The van der Waals surface area contributed by atoms with Crippen LogP contribution in [0.1, 0.15) is 45.4 Å². The summed E-state index contributed by atoms with van der Waals surface area (Å²) in [6.07, 6.45) is 5.81. The van der Waals surface area contributed by atoms with E-state index in [9.17, 15) is 9.59 Å². The van der Waals surface area contributed by atoms with Gasteiger partial charge in [0.05, 0.1) is 7.11 Å². The van der Waals surface area contributed by atoms with E-state index in [0.29, 0.717) is 25.0 Å². The van der Waals surface area contributed by atoms with Gasteiger partial charge in [0.15, 0.2) is 0 Å². The first-order valence-corrected chi connectivity index (χ1v) is 7.80. The van der Waals surface area contributed by atoms with Crippen molar-refractivity contribution in [3.05, 3.63) is 0 Å². The molecule has 1 unspecified atom stereocenters. The number of carbonyl (C=O) groups is 2. The first-order valence-electron chi connectivity index (χ1n) is 7.80. The fourth-order valence-corrected chi connectivity index (χ4v) is 3.39. The van der Waals surface area contributed by atoms with Crippen molar-refractivity contribution in [1.29, 1.82) is 0 Å². The molecule has 5 heteroatoms. The second-order valence-electron chi connectivity index (χ2n) is 5.82. The Morgan fingerprint density at radius 2 is 1.80 bits per heavy atom. The van der Waals surface area contributed by atoms with Crippen LogP contribution < -0.4 is 0 Å². The van der Waals surface area contributed by atoms with Crippen molar-refractivity contribution in [2.45, 2.75) is 51.5 Å². The fraction of sp³-hybridized carbons (Fsp3) is 0.867. The van der Waals surface area contributed by atoms with Crippen molar-refractivity contribution in [1.82, 2.24) is 9.80 Å². The quantitative estimate of drug-likeness (QED) is 0.780. The van der Waals surface area contributed by atoms with Crippen molar-refractivity contribution >= 4 is 12.0 Å². The van der Waals surface area contributed by atoms with Gasteiger partial charge < -0.3 is 14.5 Å². The molecular formula is C15H26N2O3. The second kappa shape index (κ2) is 6.95. The molecule has 2 amide bonds. The van der Waals surface area contributed by atoms with Crippen molar-refractivity contribution in [2.24, 2.45) is 5.92 Å². The van der Waals surface area contributed by atoms with Crippen LogP contribution in [0.15, 0.2) is 0 Å². The highest BCUT2D eigenvalue weighted by molar-refractivity contribution is 5.79. The summed E-state index contributed by atoms with van der Waals surface area (Å²) < 4.78 is 4.73. The smallest absolute Gasteiger partial charge is 0.409 e. The molecule has 5 nitrogen and oxygen atoms in total. The van der Waals surface area contributed by atoms with Gasteiger partial charge in [-0.15, -0.1) is 0 Å². The standard InChI is InChI=1S/C15H26N2O3/c1-3-13-6-4-5-9-17(13)14(18)12-7-10-16(11-8-12)15(19)20-2/h12-13H,3-11H2,1-2H3. The molecule has 20 heavy (non-hydrogen) atoms. The lowest BCUT2D eigenvalue weighted by molar-refractivity contribution is -0.140. The van der Waals surface area contributed by atoms with Crippen LogP contribution in [0.4, 0.5) is 4.79 Å². The number of nitrogens with zero attached hydrogens (tertiary/aromatic N) is 2. The maximum atomic E-state index is 12.7. The fourth-order valence-electron chi connectivity index (χ4n) is 3.39. The Bertz CT molecular complexity index is 351. The predicted octanol–water partition coefficient (Wildman–Crippen LogP) is 2.26. The molecule has 0 aromatic carbocycles. The number of likely N-dealkylation sites (tertiary alicyclic amines) is 2. The third kappa shape index (κ3) is 3.25. The molecule has 2 fully saturated rings. The first kappa shape index (κ1) is 15.1. The van der Waals surface area contributed by atoms with Gasteiger partial charge in [-0.05, 0) is 38.5 Å². The van der Waals surface area contributed by atoms with Gasteiger partial charge >= 0.3 is 6.09 Å². The average molecular weight is 282 g/mol. The van der Waals surface area contributed by atoms with E-state index in [2.05, 4.69) is 11.8 Å². The van der Waals surface area contributed by atoms with E-state index in [4.69, 9.17) is 4.74 Å². The van der Waals surface area contributed by atoms with Crippen LogP contribution >= 0.6 is 0 Å². The van der Waals surface area contributed by atoms with E-state index in [1.165, 1.54) is 13.5 Å². The lowest BCUT2D eigenvalue weighted by Crippen LogP contribution is -2.49. The van der Waals surface area contributed by atoms with Crippen LogP contribution in [-0.4, -0.2) is 54.6 Å². The molecule has 2 heterocycles. The largest absolute Gasteiger partial charge is 0.453 e. The molecule has 0 saturated carbocycles. The van der Waals surface area contributed by atoms with Gasteiger partial charge in [-0.2, -0.15) is 0 Å². The number of methoxy groups -OCH3 is 1. The second-order valence-corrected chi connectivity index (χ2v) is 5.82. The van der Waals surface area contributed by atoms with Gasteiger partial charge in [0, 0.05) is 31.6 Å². The molecule has 0 radical (unpaired) electrons. The molecule has 0 aliphatic carbocycles. The monoisotopic (exact) mass is 282 g/mol. The number of carbonyl (C=O) groups excluding carboxylic acids is 2. The molecule has 2 aliphatic heterocycles. The maximum absolute atomic E-state index is 12.7. The molecular weight excluding hydrogens is 256 g/mol. The Labute approximate surface area is 121 Å². The van der Waals surface area contributed by atoms with E-state index in [1.807, 2.05) is 0 Å². The number of hydrogen-bond donors (Lipinski definition) is 0. The number of amides is 2. The zero-order valence-electron chi connectivity index (χ0n) is 12.6. The third-order valence-corrected chi connectivity index (χ3v) is 4.66. The molecule has 0 bridgehead atoms. The number of hydrogen-bond acceptors (Lipinski definition) is 3. The van der Waals surface area contributed by atoms with Crippen molar-refractivity contribution < 1.29 is 14.3 Å². The average Bonchev–Trinajstić information content (AvgIpc) is 2.53. The summed E-state index contributed by atoms with van der Waals surface area (Å²) in [5.74, 6) is 0.393. The molecule has 0 spiro atoms. The van der Waals surface area contributed by atoms with Crippen LogP contribution in [0, 0.1) is 5.92 Å². The molecule has 0 N–H and O–H groups in total. The topological polar surface area (TPSA) is 49.9 Å². The van der Waals surface area contributed by atoms with Gasteiger partial charge in [-0.1, -0.05) is 6.92 Å². The summed E-state index contributed by atoms with van der Waals surface area (Å²) in [5, 5.41) is 0. The molecule has 0 aromatic heterocycles. The highest BCUT2D eigenvalue weighted by Gasteiger charge is 2.33. The Hall–Kier alpha value is -1.26. The molecule has 2 aliphatic rings. The summed E-state index contributed by atoms with van der Waals surface area (Å²) in [6.45, 7) is 4.34. The van der Waals surface area contributed by atoms with Crippen LogP contribution in [0.3, 0.4) is 0 Å². The van der Waals surface area contributed by atoms with E-state index >= 15 is 0 Å². The van der Waals surface area contributed by atoms with Gasteiger partial charge in [0.1, 0.15) is 0 Å². The van der Waals surface area contributed by atoms with Gasteiger partial charge in [0.25, 0.3) is 0 Å². The van der Waals surface area contributed by atoms with Gasteiger partial charge in [0.2, 0.25) is 5.91 Å². The van der Waals surface area contributed by atoms with Crippen LogP contribution in [0.5, 0.6) is 0 Å². The zero-order valence-corrected chi connectivity index (χ0v) is 12.6. The summed E-state index contributed by atoms with van der Waals surface area (Å²) in [5.41, 5.74) is 0. The third-order valence-electron chi connectivity index (χ3n) is 4.66. The SMILES string of the molecule is CCC1CCCCN1C(=O)C1CCN(C(=O)OC)CC1. The van der Waals surface area contributed by atoms with Crippen molar-refractivity contribution in [3.8, 4) is 0 Å². The van der Waals surface area contributed by atoms with Crippen molar-refractivity contribution in [2.75, 3.05) is 26.7 Å². The highest BCUT2D eigenvalue weighted by Crippen LogP contribution is 2.26. The van der Waals surface area contributed by atoms with Crippen LogP contribution in [0.25, 0.3) is 0 Å². The van der Waals surface area contributed by atoms with Crippen molar-refractivity contribution in [3.63, 3.8) is 0 Å². The Morgan fingerprint density at radius 1 is 1.10 bits per heavy atom. The minimum atomic E-state index is -0.277. The molecule has 114 valence electrons. The summed E-state index contributed by atoms with van der Waals surface area (Å²) >= 11 is 0. The maximum Gasteiger partial charge on any atom is 0.409 e. The summed E-state index contributed by atoms with van der Waals surface area (Å²) in [7, 11) is 1.40. The van der Waals surface area contributed by atoms with E-state index in [0.717, 1.165) is 38.6 Å². The summed E-state index contributed by atoms with van der Waals surface area (Å²) in [6, 6.07) is 0.426. The Balaban J connectivity index is 1.89. The predicted molar refractivity (Wildman–Crippen MR) is 76.3 cm³/mol. The lowest BCUT2D eigenvalue weighted by atomic mass is 9.92. The Morgan fingerprint density at radius 3 is 2.40 bits per heavy atom. The number of rotatable bonds is 2. The minimum Gasteiger partial charge on any atom is -0.453 e. The van der Waals surface area contributed by atoms with Gasteiger partial charge in [-0.25, -0.2) is 4.79 Å². The highest BCUT2D eigenvalue weighted by atomic mass is 16.5. The van der Waals surface area contributed by atoms with Gasteiger partial charge in [-0.3, -0.25) is 4.79 Å². The zero-order chi connectivity index (χ0) is 14.5. The van der Waals surface area contributed by atoms with Crippen LogP contribution in [0.2, 0.25) is 0 Å².